The van der Waals surface area contributed by atoms with Crippen molar-refractivity contribution in [2.75, 3.05) is 36.5 Å². The molecule has 1 aromatic carbocycles. The van der Waals surface area contributed by atoms with Crippen LogP contribution in [0, 0.1) is 11.3 Å². The lowest BCUT2D eigenvalue weighted by Crippen LogP contribution is -2.26. The standard InChI is InChI=1S/C27H37N5O2SSi/c1-36(2,3)15-12-34-19-32-18-23(17-28)30-26(32)27(33)31-25-5-4-22(20-6-10-29-11-7-20)16-24(25)21-8-13-35-14-9-21/h4-5,8,16,18,20,29H,6-7,9-15,19H2,1-3H3,(H,31,33). The first-order valence-electron chi connectivity index (χ1n) is 12.8. The minimum absolute atomic E-state index is 0.195. The zero-order chi connectivity index (χ0) is 25.5. The maximum absolute atomic E-state index is 13.4. The van der Waals surface area contributed by atoms with Gasteiger partial charge in [-0.25, -0.2) is 4.98 Å². The topological polar surface area (TPSA) is 92.0 Å². The van der Waals surface area contributed by atoms with E-state index in [-0.39, 0.29) is 24.2 Å². The Morgan fingerprint density at radius 2 is 2.14 bits per heavy atom. The predicted octanol–water partition coefficient (Wildman–Crippen LogP) is 5.31. The second-order valence-electron chi connectivity index (χ2n) is 10.7. The number of amides is 1. The number of benzene rings is 1. The lowest BCUT2D eigenvalue weighted by atomic mass is 9.87. The summed E-state index contributed by atoms with van der Waals surface area (Å²) in [6.07, 6.45) is 7.12. The average Bonchev–Trinajstić information content (AvgIpc) is 3.31. The average molecular weight is 524 g/mol. The Morgan fingerprint density at radius 3 is 2.83 bits per heavy atom. The quantitative estimate of drug-likeness (QED) is 0.342. The van der Waals surface area contributed by atoms with Crippen LogP contribution in [0.4, 0.5) is 5.69 Å². The lowest BCUT2D eigenvalue weighted by Gasteiger charge is -2.25. The molecule has 1 amide bonds. The Morgan fingerprint density at radius 1 is 1.33 bits per heavy atom. The van der Waals surface area contributed by atoms with E-state index in [1.807, 2.05) is 17.8 Å². The number of rotatable bonds is 9. The van der Waals surface area contributed by atoms with E-state index in [4.69, 9.17) is 4.74 Å². The molecule has 2 aliphatic heterocycles. The van der Waals surface area contributed by atoms with Crippen LogP contribution in [0.1, 0.15) is 52.6 Å². The van der Waals surface area contributed by atoms with Gasteiger partial charge in [-0.2, -0.15) is 17.0 Å². The third kappa shape index (κ3) is 7.10. The highest BCUT2D eigenvalue weighted by atomic mass is 32.2. The number of hydrogen-bond acceptors (Lipinski definition) is 6. The van der Waals surface area contributed by atoms with Gasteiger partial charge in [-0.1, -0.05) is 31.8 Å². The van der Waals surface area contributed by atoms with Crippen LogP contribution in [-0.4, -0.2) is 54.7 Å². The van der Waals surface area contributed by atoms with Crippen LogP contribution >= 0.6 is 11.8 Å². The zero-order valence-corrected chi connectivity index (χ0v) is 23.4. The summed E-state index contributed by atoms with van der Waals surface area (Å²) in [6, 6.07) is 9.56. The largest absolute Gasteiger partial charge is 0.361 e. The maximum atomic E-state index is 13.4. The molecule has 2 N–H and O–H groups in total. The van der Waals surface area contributed by atoms with Gasteiger partial charge in [0.25, 0.3) is 5.91 Å². The summed E-state index contributed by atoms with van der Waals surface area (Å²) in [4.78, 5) is 17.7. The molecule has 0 unspecified atom stereocenters. The highest BCUT2D eigenvalue weighted by molar-refractivity contribution is 7.99. The monoisotopic (exact) mass is 523 g/mol. The molecule has 0 atom stereocenters. The van der Waals surface area contributed by atoms with Gasteiger partial charge in [0.1, 0.15) is 12.8 Å². The van der Waals surface area contributed by atoms with Crippen molar-refractivity contribution in [1.29, 1.82) is 5.26 Å². The van der Waals surface area contributed by atoms with Crippen molar-refractivity contribution in [3.63, 3.8) is 0 Å². The van der Waals surface area contributed by atoms with Crippen LogP contribution in [0.3, 0.4) is 0 Å². The summed E-state index contributed by atoms with van der Waals surface area (Å²) in [5.74, 6) is 2.48. The molecule has 3 heterocycles. The van der Waals surface area contributed by atoms with Gasteiger partial charge in [0, 0.05) is 37.9 Å². The molecule has 0 spiro atoms. The molecule has 192 valence electrons. The third-order valence-corrected chi connectivity index (χ3v) is 9.33. The summed E-state index contributed by atoms with van der Waals surface area (Å²) in [6.45, 7) is 9.82. The van der Waals surface area contributed by atoms with E-state index in [2.05, 4.69) is 59.5 Å². The molecule has 0 aliphatic carbocycles. The van der Waals surface area contributed by atoms with E-state index in [1.54, 1.807) is 10.8 Å². The number of carbonyl (C=O) groups excluding carboxylic acids is 1. The van der Waals surface area contributed by atoms with Crippen LogP contribution < -0.4 is 10.6 Å². The Bertz CT molecular complexity index is 1140. The van der Waals surface area contributed by atoms with Gasteiger partial charge < -0.3 is 19.9 Å². The third-order valence-electron chi connectivity index (χ3n) is 6.73. The molecule has 1 saturated heterocycles. The number of aromatic nitrogens is 2. The SMILES string of the molecule is C[Si](C)(C)CCOCn1cc(C#N)nc1C(=O)Nc1ccc(C2CCNCC2)cc1C1=CCSCC1. The van der Waals surface area contributed by atoms with E-state index in [1.165, 1.54) is 11.1 Å². The molecular weight excluding hydrogens is 486 g/mol. The number of allylic oxidation sites excluding steroid dienone is 1. The zero-order valence-electron chi connectivity index (χ0n) is 21.6. The number of imidazole rings is 1. The number of nitrogens with one attached hydrogen (secondary N) is 2. The molecule has 2 aromatic rings. The van der Waals surface area contributed by atoms with Crippen molar-refractivity contribution in [2.45, 2.75) is 57.6 Å². The fourth-order valence-corrected chi connectivity index (χ4v) is 6.19. The fraction of sp³-hybridized carbons (Fsp3) is 0.519. The molecular formula is C27H37N5O2SSi. The summed E-state index contributed by atoms with van der Waals surface area (Å²) in [5, 5.41) is 15.9. The molecule has 1 fully saturated rings. The Labute approximate surface area is 219 Å². The number of hydrogen-bond donors (Lipinski definition) is 2. The van der Waals surface area contributed by atoms with Crippen LogP contribution in [-0.2, 0) is 11.5 Å². The fourth-order valence-electron chi connectivity index (χ4n) is 4.59. The molecule has 9 heteroatoms. The molecule has 7 nitrogen and oxygen atoms in total. The number of nitriles is 1. The molecule has 0 saturated carbocycles. The summed E-state index contributed by atoms with van der Waals surface area (Å²) >= 11 is 1.93. The second-order valence-corrected chi connectivity index (χ2v) is 17.5. The summed E-state index contributed by atoms with van der Waals surface area (Å²) in [7, 11) is -1.22. The molecule has 2 aliphatic rings. The molecule has 0 radical (unpaired) electrons. The van der Waals surface area contributed by atoms with Gasteiger partial charge in [-0.3, -0.25) is 4.79 Å². The van der Waals surface area contributed by atoms with Crippen LogP contribution in [0.5, 0.6) is 0 Å². The minimum Gasteiger partial charge on any atom is -0.361 e. The minimum atomic E-state index is -1.22. The van der Waals surface area contributed by atoms with Crippen molar-refractivity contribution in [3.8, 4) is 6.07 Å². The Balaban J connectivity index is 1.56. The number of thioether (sulfide) groups is 1. The van der Waals surface area contributed by atoms with Crippen molar-refractivity contribution >= 4 is 37.0 Å². The van der Waals surface area contributed by atoms with Gasteiger partial charge >= 0.3 is 0 Å². The summed E-state index contributed by atoms with van der Waals surface area (Å²) < 4.78 is 7.48. The number of ether oxygens (including phenoxy) is 1. The van der Waals surface area contributed by atoms with Crippen LogP contribution in [0.2, 0.25) is 25.7 Å². The maximum Gasteiger partial charge on any atom is 0.291 e. The first-order chi connectivity index (χ1) is 17.3. The lowest BCUT2D eigenvalue weighted by molar-refractivity contribution is 0.0808. The highest BCUT2D eigenvalue weighted by Gasteiger charge is 2.22. The number of carbonyl (C=O) groups is 1. The first-order valence-corrected chi connectivity index (χ1v) is 17.7. The van der Waals surface area contributed by atoms with E-state index in [0.717, 1.165) is 61.2 Å². The Kier molecular flexibility index (Phi) is 9.07. The molecule has 4 rings (SSSR count). The number of nitrogens with zero attached hydrogens (tertiary/aromatic N) is 3. The number of piperidine rings is 1. The molecule has 36 heavy (non-hydrogen) atoms. The predicted molar refractivity (Wildman–Crippen MR) is 150 cm³/mol. The summed E-state index contributed by atoms with van der Waals surface area (Å²) in [5.41, 5.74) is 4.74. The van der Waals surface area contributed by atoms with Gasteiger partial charge in [-0.15, -0.1) is 0 Å². The smallest absolute Gasteiger partial charge is 0.291 e. The van der Waals surface area contributed by atoms with E-state index >= 15 is 0 Å². The van der Waals surface area contributed by atoms with E-state index < -0.39 is 8.07 Å². The van der Waals surface area contributed by atoms with Gasteiger partial charge in [-0.05, 0) is 73.3 Å². The van der Waals surface area contributed by atoms with Gasteiger partial charge in [0.2, 0.25) is 5.82 Å². The Hall–Kier alpha value is -2.38. The second kappa shape index (κ2) is 12.2. The number of anilines is 1. The first kappa shape index (κ1) is 26.7. The van der Waals surface area contributed by atoms with E-state index in [9.17, 15) is 10.1 Å². The van der Waals surface area contributed by atoms with Crippen molar-refractivity contribution in [2.24, 2.45) is 0 Å². The van der Waals surface area contributed by atoms with Crippen molar-refractivity contribution < 1.29 is 9.53 Å². The van der Waals surface area contributed by atoms with Crippen LogP contribution in [0.15, 0.2) is 30.5 Å². The van der Waals surface area contributed by atoms with Crippen molar-refractivity contribution in [1.82, 2.24) is 14.9 Å². The normalized spacial score (nSPS) is 16.9. The van der Waals surface area contributed by atoms with Crippen molar-refractivity contribution in [3.05, 3.63) is 53.1 Å². The van der Waals surface area contributed by atoms with Gasteiger partial charge in [0.15, 0.2) is 5.69 Å². The highest BCUT2D eigenvalue weighted by Crippen LogP contribution is 2.35. The molecule has 0 bridgehead atoms. The van der Waals surface area contributed by atoms with E-state index in [0.29, 0.717) is 12.5 Å². The van der Waals surface area contributed by atoms with Gasteiger partial charge in [0.05, 0.1) is 0 Å². The van der Waals surface area contributed by atoms with Crippen LogP contribution in [0.25, 0.3) is 5.57 Å². The molecule has 1 aromatic heterocycles.